The van der Waals surface area contributed by atoms with E-state index >= 15 is 0 Å². The predicted molar refractivity (Wildman–Crippen MR) is 132 cm³/mol. The number of hydrogen-bond donors (Lipinski definition) is 2. The van der Waals surface area contributed by atoms with E-state index < -0.39 is 30.0 Å². The number of benzene rings is 1. The van der Waals surface area contributed by atoms with Crippen molar-refractivity contribution >= 4 is 28.6 Å². The molecule has 2 amide bonds. The molecule has 10 nitrogen and oxygen atoms in total. The van der Waals surface area contributed by atoms with Crippen LogP contribution < -0.4 is 15.4 Å². The van der Waals surface area contributed by atoms with Crippen LogP contribution in [-0.4, -0.2) is 86.7 Å². The lowest BCUT2D eigenvalue weighted by Gasteiger charge is -2.26. The molecule has 0 spiro atoms. The van der Waals surface area contributed by atoms with Gasteiger partial charge >= 0.3 is 0 Å². The lowest BCUT2D eigenvalue weighted by atomic mass is 10.0. The zero-order chi connectivity index (χ0) is 25.7. The molecule has 1 unspecified atom stereocenters. The molecule has 0 bridgehead atoms. The van der Waals surface area contributed by atoms with Crippen LogP contribution in [0.4, 0.5) is 0 Å². The van der Waals surface area contributed by atoms with Crippen LogP contribution in [0.5, 0.6) is 5.75 Å². The normalized spacial score (nSPS) is 21.6. The molecular weight excluding hydrogens is 466 g/mol. The highest BCUT2D eigenvalue weighted by Crippen LogP contribution is 2.25. The van der Waals surface area contributed by atoms with Crippen LogP contribution in [0.1, 0.15) is 37.7 Å². The Hall–Kier alpha value is -2.95. The van der Waals surface area contributed by atoms with Crippen LogP contribution in [0.3, 0.4) is 0 Å². The number of rotatable bonds is 10. The maximum atomic E-state index is 13.0. The van der Waals surface area contributed by atoms with Crippen molar-refractivity contribution in [1.82, 2.24) is 15.5 Å². The van der Waals surface area contributed by atoms with Crippen LogP contribution in [0.2, 0.25) is 0 Å². The fourth-order valence-electron chi connectivity index (χ4n) is 4.39. The quantitative estimate of drug-likeness (QED) is 0.506. The average Bonchev–Trinajstić information content (AvgIpc) is 3.42. The van der Waals surface area contributed by atoms with Gasteiger partial charge in [-0.15, -0.1) is 0 Å². The molecule has 3 heterocycles. The van der Waals surface area contributed by atoms with E-state index in [1.165, 1.54) is 0 Å². The number of carbonyl (C=O) groups is 3. The maximum absolute atomic E-state index is 13.0. The van der Waals surface area contributed by atoms with Gasteiger partial charge in [0.15, 0.2) is 11.5 Å². The van der Waals surface area contributed by atoms with E-state index in [-0.39, 0.29) is 24.1 Å². The number of hydrogen-bond acceptors (Lipinski definition) is 8. The summed E-state index contributed by atoms with van der Waals surface area (Å²) in [6, 6.07) is 5.52. The van der Waals surface area contributed by atoms with Crippen molar-refractivity contribution in [1.29, 1.82) is 0 Å². The highest BCUT2D eigenvalue weighted by Gasteiger charge is 2.36. The van der Waals surface area contributed by atoms with E-state index in [1.807, 2.05) is 26.0 Å². The van der Waals surface area contributed by atoms with E-state index in [1.54, 1.807) is 19.1 Å². The van der Waals surface area contributed by atoms with Crippen molar-refractivity contribution in [3.8, 4) is 5.75 Å². The van der Waals surface area contributed by atoms with Crippen LogP contribution in [-0.2, 0) is 19.1 Å². The molecule has 0 radical (unpaired) electrons. The maximum Gasteiger partial charge on any atom is 0.287 e. The molecule has 36 heavy (non-hydrogen) atoms. The van der Waals surface area contributed by atoms with Gasteiger partial charge in [0.25, 0.3) is 5.91 Å². The number of ketones is 1. The minimum absolute atomic E-state index is 0.0226. The number of morpholine rings is 1. The molecule has 2 N–H and O–H groups in total. The molecule has 196 valence electrons. The first kappa shape index (κ1) is 26.1. The second-order valence-electron chi connectivity index (χ2n) is 9.74. The second-order valence-corrected chi connectivity index (χ2v) is 9.74. The van der Waals surface area contributed by atoms with Crippen LogP contribution in [0.15, 0.2) is 28.7 Å². The number of nitrogens with zero attached hydrogens (tertiary/aromatic N) is 1. The highest BCUT2D eigenvalue weighted by atomic mass is 16.5. The molecule has 2 aliphatic heterocycles. The largest absolute Gasteiger partial charge is 0.492 e. The fraction of sp³-hybridized carbons (Fsp3) is 0.577. The number of furan rings is 1. The SMILES string of the molecule is CC(C)CC(NC(=O)c1cc2cc(OCCN3CCOCC3)ccc2o1)C(=O)N[C@@H]1C(=O)CO[C@@H]1C. The fourth-order valence-corrected chi connectivity index (χ4v) is 4.39. The third-order valence-electron chi connectivity index (χ3n) is 6.42. The van der Waals surface area contributed by atoms with Gasteiger partial charge in [-0.05, 0) is 43.5 Å². The number of nitrogens with one attached hydrogen (secondary N) is 2. The Labute approximate surface area is 210 Å². The Morgan fingerprint density at radius 1 is 1.19 bits per heavy atom. The summed E-state index contributed by atoms with van der Waals surface area (Å²) in [6.07, 6.45) is 0.00670. The molecule has 2 fully saturated rings. The molecule has 2 aliphatic rings. The van der Waals surface area contributed by atoms with Gasteiger partial charge in [0.2, 0.25) is 5.91 Å². The minimum atomic E-state index is -0.814. The summed E-state index contributed by atoms with van der Waals surface area (Å²) in [5, 5.41) is 6.24. The highest BCUT2D eigenvalue weighted by molar-refractivity contribution is 5.99. The molecule has 3 atom stereocenters. The Morgan fingerprint density at radius 3 is 2.67 bits per heavy atom. The Morgan fingerprint density at radius 2 is 1.97 bits per heavy atom. The Kier molecular flexibility index (Phi) is 8.60. The lowest BCUT2D eigenvalue weighted by molar-refractivity contribution is -0.127. The van der Waals surface area contributed by atoms with Gasteiger partial charge in [0.05, 0.1) is 19.3 Å². The summed E-state index contributed by atoms with van der Waals surface area (Å²) in [7, 11) is 0. The van der Waals surface area contributed by atoms with Crippen molar-refractivity contribution in [2.45, 2.75) is 45.4 Å². The second kappa shape index (κ2) is 11.9. The van der Waals surface area contributed by atoms with E-state index in [2.05, 4.69) is 15.5 Å². The third kappa shape index (κ3) is 6.63. The predicted octanol–water partition coefficient (Wildman–Crippen LogP) is 1.76. The summed E-state index contributed by atoms with van der Waals surface area (Å²) in [4.78, 5) is 40.2. The summed E-state index contributed by atoms with van der Waals surface area (Å²) >= 11 is 0. The topological polar surface area (TPSA) is 119 Å². The summed E-state index contributed by atoms with van der Waals surface area (Å²) < 4.78 is 22.3. The van der Waals surface area contributed by atoms with E-state index in [0.717, 1.165) is 38.2 Å². The number of Topliss-reactive ketones (excluding diaryl/α,β-unsaturated/α-hetero) is 1. The van der Waals surface area contributed by atoms with Crippen molar-refractivity contribution < 1.29 is 33.0 Å². The van der Waals surface area contributed by atoms with Crippen LogP contribution in [0.25, 0.3) is 11.0 Å². The van der Waals surface area contributed by atoms with Gasteiger partial charge in [-0.25, -0.2) is 0 Å². The minimum Gasteiger partial charge on any atom is -0.492 e. The number of ether oxygens (including phenoxy) is 3. The summed E-state index contributed by atoms with van der Waals surface area (Å²) in [6.45, 7) is 10.3. The van der Waals surface area contributed by atoms with E-state index in [0.29, 0.717) is 24.4 Å². The standard InChI is InChI=1S/C26H35N3O7/c1-16(2)12-20(25(31)28-24-17(3)35-15-21(24)30)27-26(32)23-14-18-13-19(4-5-22(18)36-23)34-11-8-29-6-9-33-10-7-29/h4-5,13-14,16-17,20,24H,6-12,15H2,1-3H3,(H,27,32)(H,28,31)/t17-,20?,24+/m1/s1. The number of fused-ring (bicyclic) bond motifs is 1. The van der Waals surface area contributed by atoms with Gasteiger partial charge in [-0.2, -0.15) is 0 Å². The molecule has 2 saturated heterocycles. The molecule has 0 saturated carbocycles. The first-order valence-corrected chi connectivity index (χ1v) is 12.5. The lowest BCUT2D eigenvalue weighted by Crippen LogP contribution is -2.53. The van der Waals surface area contributed by atoms with E-state index in [9.17, 15) is 14.4 Å². The van der Waals surface area contributed by atoms with Gasteiger partial charge < -0.3 is 29.3 Å². The average molecular weight is 502 g/mol. The monoisotopic (exact) mass is 501 g/mol. The molecule has 4 rings (SSSR count). The van der Waals surface area contributed by atoms with Crippen LogP contribution >= 0.6 is 0 Å². The Balaban J connectivity index is 1.37. The van der Waals surface area contributed by atoms with Gasteiger partial charge in [0, 0.05) is 25.0 Å². The third-order valence-corrected chi connectivity index (χ3v) is 6.42. The van der Waals surface area contributed by atoms with Crippen molar-refractivity contribution in [2.24, 2.45) is 5.92 Å². The van der Waals surface area contributed by atoms with Gasteiger partial charge in [0.1, 0.15) is 36.6 Å². The van der Waals surface area contributed by atoms with Crippen molar-refractivity contribution in [3.63, 3.8) is 0 Å². The summed E-state index contributed by atoms with van der Waals surface area (Å²) in [5.74, 6) is -0.153. The smallest absolute Gasteiger partial charge is 0.287 e. The zero-order valence-corrected chi connectivity index (χ0v) is 21.1. The van der Waals surface area contributed by atoms with Crippen molar-refractivity contribution in [2.75, 3.05) is 46.1 Å². The molecule has 0 aliphatic carbocycles. The van der Waals surface area contributed by atoms with Gasteiger partial charge in [-0.3, -0.25) is 19.3 Å². The molecule has 10 heteroatoms. The molecular formula is C26H35N3O7. The van der Waals surface area contributed by atoms with Crippen LogP contribution in [0, 0.1) is 5.92 Å². The van der Waals surface area contributed by atoms with Crippen molar-refractivity contribution in [3.05, 3.63) is 30.0 Å². The molecule has 1 aromatic carbocycles. The number of amides is 2. The van der Waals surface area contributed by atoms with Gasteiger partial charge in [-0.1, -0.05) is 13.8 Å². The number of carbonyl (C=O) groups excluding carboxylic acids is 3. The Bertz CT molecular complexity index is 1080. The first-order chi connectivity index (χ1) is 17.3. The summed E-state index contributed by atoms with van der Waals surface area (Å²) in [5.41, 5.74) is 0.549. The zero-order valence-electron chi connectivity index (χ0n) is 21.1. The van der Waals surface area contributed by atoms with E-state index in [4.69, 9.17) is 18.6 Å². The molecule has 1 aromatic heterocycles. The first-order valence-electron chi connectivity index (χ1n) is 12.5. The molecule has 2 aromatic rings.